The minimum atomic E-state index is -4.26. The molecule has 0 radical (unpaired) electrons. The van der Waals surface area contributed by atoms with E-state index in [2.05, 4.69) is 3.53 Å². The maximum absolute atomic E-state index is 12.3. The van der Waals surface area contributed by atoms with Gasteiger partial charge in [0, 0.05) is 29.4 Å². The van der Waals surface area contributed by atoms with E-state index in [-0.39, 0.29) is 12.1 Å². The van der Waals surface area contributed by atoms with E-state index < -0.39 is 11.7 Å². The van der Waals surface area contributed by atoms with Gasteiger partial charge >= 0.3 is 6.18 Å². The smallest absolute Gasteiger partial charge is 0.257 e. The maximum atomic E-state index is 12.3. The molecule has 0 saturated heterocycles. The number of hydrogen-bond donors (Lipinski definition) is 1. The van der Waals surface area contributed by atoms with Crippen molar-refractivity contribution in [1.82, 2.24) is 3.53 Å². The number of rotatable bonds is 2. The lowest BCUT2D eigenvalue weighted by atomic mass is 10.1. The largest absolute Gasteiger partial charge is 0.416 e. The highest BCUT2D eigenvalue weighted by molar-refractivity contribution is 14.1. The van der Waals surface area contributed by atoms with E-state index in [1.807, 2.05) is 22.9 Å². The molecule has 0 atom stereocenters. The molecule has 0 aliphatic carbocycles. The minimum Gasteiger partial charge on any atom is -0.257 e. The SMILES string of the molecule is FC(F)(F)c1ccccc1CNI. The summed E-state index contributed by atoms with van der Waals surface area (Å²) in [6.45, 7) is 0.218. The second-order valence-corrected chi connectivity index (χ2v) is 3.23. The van der Waals surface area contributed by atoms with E-state index >= 15 is 0 Å². The predicted molar refractivity (Wildman–Crippen MR) is 52.3 cm³/mol. The summed E-state index contributed by atoms with van der Waals surface area (Å²) >= 11 is 1.82. The van der Waals surface area contributed by atoms with Crippen molar-refractivity contribution >= 4 is 22.9 Å². The summed E-state index contributed by atoms with van der Waals surface area (Å²) in [6.07, 6.45) is -4.26. The molecule has 0 amide bonds. The van der Waals surface area contributed by atoms with E-state index in [4.69, 9.17) is 0 Å². The lowest BCUT2D eigenvalue weighted by molar-refractivity contribution is -0.138. The molecule has 0 aromatic heterocycles. The Morgan fingerprint density at radius 2 is 1.85 bits per heavy atom. The van der Waals surface area contributed by atoms with E-state index in [0.29, 0.717) is 0 Å². The molecule has 5 heteroatoms. The predicted octanol–water partition coefficient (Wildman–Crippen LogP) is 3.15. The quantitative estimate of drug-likeness (QED) is 0.653. The van der Waals surface area contributed by atoms with Crippen LogP contribution in [-0.4, -0.2) is 0 Å². The highest BCUT2D eigenvalue weighted by Crippen LogP contribution is 2.31. The van der Waals surface area contributed by atoms with Gasteiger partial charge in [-0.25, -0.2) is 0 Å². The number of hydrogen-bond acceptors (Lipinski definition) is 1. The Morgan fingerprint density at radius 3 is 2.38 bits per heavy atom. The van der Waals surface area contributed by atoms with Crippen LogP contribution in [0.15, 0.2) is 24.3 Å². The van der Waals surface area contributed by atoms with Crippen molar-refractivity contribution in [3.8, 4) is 0 Å². The van der Waals surface area contributed by atoms with Crippen LogP contribution in [0.3, 0.4) is 0 Å². The molecule has 1 aromatic rings. The standard InChI is InChI=1S/C8H7F3IN/c9-8(10,11)7-4-2-1-3-6(7)5-13-12/h1-4,13H,5H2. The third-order valence-corrected chi connectivity index (χ3v) is 1.96. The molecule has 1 nitrogen and oxygen atoms in total. The fourth-order valence-electron chi connectivity index (χ4n) is 1.02. The molecule has 0 aliphatic heterocycles. The number of nitrogens with one attached hydrogen (secondary N) is 1. The van der Waals surface area contributed by atoms with Crippen LogP contribution in [0.4, 0.5) is 13.2 Å². The molecule has 1 aromatic carbocycles. The molecular formula is C8H7F3IN. The summed E-state index contributed by atoms with van der Waals surface area (Å²) in [4.78, 5) is 0. The lowest BCUT2D eigenvalue weighted by Gasteiger charge is -2.11. The second kappa shape index (κ2) is 4.28. The maximum Gasteiger partial charge on any atom is 0.416 e. The topological polar surface area (TPSA) is 12.0 Å². The van der Waals surface area contributed by atoms with Gasteiger partial charge in [0.15, 0.2) is 0 Å². The first-order chi connectivity index (χ1) is 6.05. The Balaban J connectivity index is 3.05. The van der Waals surface area contributed by atoms with Crippen LogP contribution in [0.2, 0.25) is 0 Å². The van der Waals surface area contributed by atoms with Crippen LogP contribution >= 0.6 is 22.9 Å². The van der Waals surface area contributed by atoms with E-state index in [1.54, 1.807) is 6.07 Å². The van der Waals surface area contributed by atoms with Crippen molar-refractivity contribution in [2.75, 3.05) is 0 Å². The van der Waals surface area contributed by atoms with Gasteiger partial charge in [-0.3, -0.25) is 3.53 Å². The zero-order valence-corrected chi connectivity index (χ0v) is 8.69. The lowest BCUT2D eigenvalue weighted by Crippen LogP contribution is -2.11. The molecule has 0 spiro atoms. The summed E-state index contributed by atoms with van der Waals surface area (Å²) in [5.41, 5.74) is -0.302. The Hall–Kier alpha value is -0.300. The molecule has 0 aliphatic rings. The van der Waals surface area contributed by atoms with Crippen LogP contribution in [0.25, 0.3) is 0 Å². The van der Waals surface area contributed by atoms with Gasteiger partial charge in [-0.1, -0.05) is 18.2 Å². The van der Waals surface area contributed by atoms with Crippen LogP contribution in [0, 0.1) is 0 Å². The van der Waals surface area contributed by atoms with Crippen molar-refractivity contribution in [2.24, 2.45) is 0 Å². The molecule has 0 heterocycles. The van der Waals surface area contributed by atoms with Crippen LogP contribution in [0.5, 0.6) is 0 Å². The molecule has 0 bridgehead atoms. The van der Waals surface area contributed by atoms with Gasteiger partial charge in [-0.05, 0) is 11.6 Å². The van der Waals surface area contributed by atoms with Crippen LogP contribution < -0.4 is 3.53 Å². The molecular weight excluding hydrogens is 294 g/mol. The van der Waals surface area contributed by atoms with Crippen LogP contribution in [0.1, 0.15) is 11.1 Å². The zero-order chi connectivity index (χ0) is 9.90. The molecule has 0 saturated carbocycles. The summed E-state index contributed by atoms with van der Waals surface area (Å²) in [6, 6.07) is 5.54. The first-order valence-electron chi connectivity index (χ1n) is 3.54. The second-order valence-electron chi connectivity index (χ2n) is 2.47. The fourth-order valence-corrected chi connectivity index (χ4v) is 1.43. The Bertz CT molecular complexity index is 285. The van der Waals surface area contributed by atoms with E-state index in [9.17, 15) is 13.2 Å². The molecule has 1 N–H and O–H groups in total. The average molecular weight is 301 g/mol. The normalized spacial score (nSPS) is 11.7. The minimum absolute atomic E-state index is 0.218. The first kappa shape index (κ1) is 10.8. The molecule has 0 fully saturated rings. The van der Waals surface area contributed by atoms with Gasteiger partial charge in [0.2, 0.25) is 0 Å². The van der Waals surface area contributed by atoms with Crippen molar-refractivity contribution in [3.63, 3.8) is 0 Å². The highest BCUT2D eigenvalue weighted by Gasteiger charge is 2.32. The number of halogens is 4. The van der Waals surface area contributed by atoms with Crippen molar-refractivity contribution in [3.05, 3.63) is 35.4 Å². The number of benzene rings is 1. The Kier molecular flexibility index (Phi) is 3.55. The zero-order valence-electron chi connectivity index (χ0n) is 6.53. The van der Waals surface area contributed by atoms with Gasteiger partial charge in [0.05, 0.1) is 5.56 Å². The fraction of sp³-hybridized carbons (Fsp3) is 0.250. The van der Waals surface area contributed by atoms with E-state index in [0.717, 1.165) is 6.07 Å². The Morgan fingerprint density at radius 1 is 1.23 bits per heavy atom. The molecule has 72 valence electrons. The average Bonchev–Trinajstić information content (AvgIpc) is 2.04. The summed E-state index contributed by atoms with van der Waals surface area (Å²) < 4.78 is 39.7. The van der Waals surface area contributed by atoms with Crippen LogP contribution in [-0.2, 0) is 12.7 Å². The molecule has 0 unspecified atom stereocenters. The summed E-state index contributed by atoms with van der Waals surface area (Å²) in [5, 5.41) is 0. The van der Waals surface area contributed by atoms with Gasteiger partial charge in [-0.2, -0.15) is 13.2 Å². The van der Waals surface area contributed by atoms with Gasteiger partial charge in [0.25, 0.3) is 0 Å². The summed E-state index contributed by atoms with van der Waals surface area (Å²) in [5.74, 6) is 0. The third kappa shape index (κ3) is 2.84. The van der Waals surface area contributed by atoms with Gasteiger partial charge in [-0.15, -0.1) is 0 Å². The monoisotopic (exact) mass is 301 g/mol. The number of alkyl halides is 3. The highest BCUT2D eigenvalue weighted by atomic mass is 127. The van der Waals surface area contributed by atoms with Crippen molar-refractivity contribution in [1.29, 1.82) is 0 Å². The third-order valence-electron chi connectivity index (χ3n) is 1.58. The Labute approximate surface area is 87.8 Å². The molecule has 1 rings (SSSR count). The van der Waals surface area contributed by atoms with Gasteiger partial charge in [0.1, 0.15) is 0 Å². The van der Waals surface area contributed by atoms with Crippen molar-refractivity contribution in [2.45, 2.75) is 12.7 Å². The van der Waals surface area contributed by atoms with Crippen molar-refractivity contribution < 1.29 is 13.2 Å². The summed E-state index contributed by atoms with van der Waals surface area (Å²) in [7, 11) is 0. The molecule has 13 heavy (non-hydrogen) atoms. The van der Waals surface area contributed by atoms with Gasteiger partial charge < -0.3 is 0 Å². The first-order valence-corrected chi connectivity index (χ1v) is 4.62. The van der Waals surface area contributed by atoms with E-state index in [1.165, 1.54) is 12.1 Å².